The summed E-state index contributed by atoms with van der Waals surface area (Å²) in [5, 5.41) is 8.76. The summed E-state index contributed by atoms with van der Waals surface area (Å²) in [6.45, 7) is 2.77. The van der Waals surface area contributed by atoms with E-state index in [1.54, 1.807) is 0 Å². The van der Waals surface area contributed by atoms with Crippen LogP contribution in [0, 0.1) is 6.92 Å². The van der Waals surface area contributed by atoms with E-state index in [1.807, 2.05) is 24.3 Å². The summed E-state index contributed by atoms with van der Waals surface area (Å²) in [6.07, 6.45) is 9.00. The van der Waals surface area contributed by atoms with Crippen LogP contribution in [0.15, 0.2) is 54.1 Å². The van der Waals surface area contributed by atoms with Crippen molar-refractivity contribution in [1.29, 1.82) is 0 Å². The van der Waals surface area contributed by atoms with Gasteiger partial charge in [-0.05, 0) is 79.9 Å². The van der Waals surface area contributed by atoms with Gasteiger partial charge in [0.2, 0.25) is 0 Å². The van der Waals surface area contributed by atoms with Crippen LogP contribution in [-0.4, -0.2) is 17.7 Å². The zero-order valence-corrected chi connectivity index (χ0v) is 17.5. The SMILES string of the molecule is Cc1ccc(C2=C(COc3ccc(CCCC(=O)O)cc3)CCCCCC2)cc1. The second-order valence-corrected chi connectivity index (χ2v) is 8.04. The van der Waals surface area contributed by atoms with Crippen molar-refractivity contribution in [2.45, 2.75) is 64.7 Å². The van der Waals surface area contributed by atoms with Gasteiger partial charge in [0.05, 0.1) is 0 Å². The third-order valence-corrected chi connectivity index (χ3v) is 5.67. The van der Waals surface area contributed by atoms with Gasteiger partial charge < -0.3 is 9.84 Å². The van der Waals surface area contributed by atoms with E-state index in [2.05, 4.69) is 31.2 Å². The normalized spacial score (nSPS) is 14.9. The van der Waals surface area contributed by atoms with Crippen LogP contribution in [0.25, 0.3) is 5.57 Å². The molecular weight excluding hydrogens is 360 g/mol. The van der Waals surface area contributed by atoms with Crippen LogP contribution >= 0.6 is 0 Å². The molecule has 3 rings (SSSR count). The Kier molecular flexibility index (Phi) is 7.92. The van der Waals surface area contributed by atoms with Crippen molar-refractivity contribution in [3.8, 4) is 5.75 Å². The molecule has 1 N–H and O–H groups in total. The lowest BCUT2D eigenvalue weighted by atomic mass is 9.89. The third kappa shape index (κ3) is 6.77. The van der Waals surface area contributed by atoms with E-state index < -0.39 is 5.97 Å². The van der Waals surface area contributed by atoms with Crippen LogP contribution in [0.1, 0.15) is 68.1 Å². The lowest BCUT2D eigenvalue weighted by Crippen LogP contribution is -2.07. The van der Waals surface area contributed by atoms with Crippen molar-refractivity contribution in [2.75, 3.05) is 6.61 Å². The number of aliphatic carboxylic acids is 1. The van der Waals surface area contributed by atoms with Gasteiger partial charge in [-0.1, -0.05) is 54.8 Å². The Labute approximate surface area is 174 Å². The van der Waals surface area contributed by atoms with Gasteiger partial charge >= 0.3 is 5.97 Å². The van der Waals surface area contributed by atoms with Crippen LogP contribution in [-0.2, 0) is 11.2 Å². The number of rotatable bonds is 8. The molecule has 0 spiro atoms. The second-order valence-electron chi connectivity index (χ2n) is 8.04. The van der Waals surface area contributed by atoms with E-state index in [0.717, 1.165) is 30.6 Å². The molecule has 1 aliphatic carbocycles. The molecule has 0 unspecified atom stereocenters. The number of carbonyl (C=O) groups is 1. The van der Waals surface area contributed by atoms with E-state index >= 15 is 0 Å². The van der Waals surface area contributed by atoms with E-state index in [-0.39, 0.29) is 6.42 Å². The summed E-state index contributed by atoms with van der Waals surface area (Å²) in [5.41, 5.74) is 6.68. The van der Waals surface area contributed by atoms with Crippen LogP contribution in [0.3, 0.4) is 0 Å². The predicted octanol–water partition coefficient (Wildman–Crippen LogP) is 6.59. The maximum atomic E-state index is 10.6. The Morgan fingerprint density at radius 1 is 0.931 bits per heavy atom. The molecule has 0 bridgehead atoms. The van der Waals surface area contributed by atoms with Crippen molar-refractivity contribution in [3.63, 3.8) is 0 Å². The molecule has 0 amide bonds. The fraction of sp³-hybridized carbons (Fsp3) is 0.423. The van der Waals surface area contributed by atoms with E-state index in [0.29, 0.717) is 13.0 Å². The highest BCUT2D eigenvalue weighted by atomic mass is 16.5. The van der Waals surface area contributed by atoms with Gasteiger partial charge in [-0.3, -0.25) is 4.79 Å². The number of benzene rings is 2. The minimum absolute atomic E-state index is 0.216. The number of hydrogen-bond acceptors (Lipinski definition) is 2. The average Bonchev–Trinajstić information content (AvgIpc) is 2.69. The summed E-state index contributed by atoms with van der Waals surface area (Å²) in [4.78, 5) is 10.6. The van der Waals surface area contributed by atoms with Gasteiger partial charge in [0, 0.05) is 6.42 Å². The summed E-state index contributed by atoms with van der Waals surface area (Å²) >= 11 is 0. The minimum atomic E-state index is -0.734. The maximum Gasteiger partial charge on any atom is 0.303 e. The van der Waals surface area contributed by atoms with E-state index in [4.69, 9.17) is 9.84 Å². The molecule has 0 atom stereocenters. The molecule has 2 aromatic rings. The number of allylic oxidation sites excluding steroid dienone is 1. The molecule has 0 saturated heterocycles. The molecule has 0 fully saturated rings. The fourth-order valence-electron chi connectivity index (χ4n) is 3.95. The van der Waals surface area contributed by atoms with Crippen molar-refractivity contribution in [1.82, 2.24) is 0 Å². The van der Waals surface area contributed by atoms with Crippen molar-refractivity contribution in [3.05, 3.63) is 70.8 Å². The molecule has 154 valence electrons. The quantitative estimate of drug-likeness (QED) is 0.551. The van der Waals surface area contributed by atoms with Crippen LogP contribution in [0.2, 0.25) is 0 Å². The summed E-state index contributed by atoms with van der Waals surface area (Å²) in [5.74, 6) is 0.145. The van der Waals surface area contributed by atoms with Gasteiger partial charge in [-0.15, -0.1) is 0 Å². The Hall–Kier alpha value is -2.55. The molecular formula is C26H32O3. The first-order chi connectivity index (χ1) is 14.1. The average molecular weight is 393 g/mol. The molecule has 0 saturated carbocycles. The van der Waals surface area contributed by atoms with Crippen LogP contribution in [0.5, 0.6) is 5.75 Å². The Morgan fingerprint density at radius 2 is 1.62 bits per heavy atom. The van der Waals surface area contributed by atoms with Gasteiger partial charge in [0.1, 0.15) is 12.4 Å². The largest absolute Gasteiger partial charge is 0.489 e. The van der Waals surface area contributed by atoms with Gasteiger partial charge in [-0.2, -0.15) is 0 Å². The zero-order valence-electron chi connectivity index (χ0n) is 17.5. The van der Waals surface area contributed by atoms with Gasteiger partial charge in [0.15, 0.2) is 0 Å². The molecule has 0 heterocycles. The second kappa shape index (κ2) is 10.8. The van der Waals surface area contributed by atoms with Crippen molar-refractivity contribution >= 4 is 11.5 Å². The smallest absolute Gasteiger partial charge is 0.303 e. The lowest BCUT2D eigenvalue weighted by molar-refractivity contribution is -0.137. The van der Waals surface area contributed by atoms with Crippen LogP contribution < -0.4 is 4.74 Å². The highest BCUT2D eigenvalue weighted by Crippen LogP contribution is 2.31. The molecule has 0 aromatic heterocycles. The molecule has 0 aliphatic heterocycles. The minimum Gasteiger partial charge on any atom is -0.489 e. The Balaban J connectivity index is 1.67. The fourth-order valence-corrected chi connectivity index (χ4v) is 3.95. The number of hydrogen-bond donors (Lipinski definition) is 1. The standard InChI is InChI=1S/C26H32O3/c1-20-11-15-22(16-12-20)25-9-5-3-2-4-8-23(25)19-29-24-17-13-21(14-18-24)7-6-10-26(27)28/h11-18H,2-10,19H2,1H3,(H,27,28). The topological polar surface area (TPSA) is 46.5 Å². The first kappa shape index (κ1) is 21.2. The Morgan fingerprint density at radius 3 is 2.31 bits per heavy atom. The van der Waals surface area contributed by atoms with Crippen molar-refractivity contribution in [2.24, 2.45) is 0 Å². The number of carboxylic acid groups (broad SMARTS) is 1. The van der Waals surface area contributed by atoms with Crippen LogP contribution in [0.4, 0.5) is 0 Å². The maximum absolute atomic E-state index is 10.6. The molecule has 29 heavy (non-hydrogen) atoms. The zero-order chi connectivity index (χ0) is 20.5. The highest BCUT2D eigenvalue weighted by molar-refractivity contribution is 5.69. The first-order valence-electron chi connectivity index (χ1n) is 10.8. The Bertz CT molecular complexity index is 816. The third-order valence-electron chi connectivity index (χ3n) is 5.67. The molecule has 0 radical (unpaired) electrons. The van der Waals surface area contributed by atoms with E-state index in [1.165, 1.54) is 48.0 Å². The van der Waals surface area contributed by atoms with Gasteiger partial charge in [-0.25, -0.2) is 0 Å². The summed E-state index contributed by atoms with van der Waals surface area (Å²) in [7, 11) is 0. The number of ether oxygens (including phenoxy) is 1. The molecule has 3 heteroatoms. The monoisotopic (exact) mass is 392 g/mol. The molecule has 2 aromatic carbocycles. The summed E-state index contributed by atoms with van der Waals surface area (Å²) < 4.78 is 6.16. The van der Waals surface area contributed by atoms with Gasteiger partial charge in [0.25, 0.3) is 0 Å². The number of aryl methyl sites for hydroxylation is 2. The van der Waals surface area contributed by atoms with Crippen molar-refractivity contribution < 1.29 is 14.6 Å². The van der Waals surface area contributed by atoms with E-state index in [9.17, 15) is 4.79 Å². The molecule has 3 nitrogen and oxygen atoms in total. The molecule has 1 aliphatic rings. The number of carboxylic acids is 1. The summed E-state index contributed by atoms with van der Waals surface area (Å²) in [6, 6.07) is 17.0. The predicted molar refractivity (Wildman–Crippen MR) is 118 cm³/mol. The first-order valence-corrected chi connectivity index (χ1v) is 10.8. The highest BCUT2D eigenvalue weighted by Gasteiger charge is 2.13. The lowest BCUT2D eigenvalue weighted by Gasteiger charge is -2.20.